The number of nitrogens with two attached hydrogens (primary N) is 1. The van der Waals surface area contributed by atoms with Crippen LogP contribution in [0.5, 0.6) is 5.75 Å². The second-order valence-corrected chi connectivity index (χ2v) is 5.89. The zero-order valence-electron chi connectivity index (χ0n) is 11.2. The lowest BCUT2D eigenvalue weighted by atomic mass is 10.1. The van der Waals surface area contributed by atoms with Crippen LogP contribution in [0.25, 0.3) is 11.5 Å². The maximum absolute atomic E-state index is 5.95. The molecule has 0 bridgehead atoms. The summed E-state index contributed by atoms with van der Waals surface area (Å²) < 4.78 is 10.3. The van der Waals surface area contributed by atoms with Gasteiger partial charge in [0.25, 0.3) is 5.89 Å². The number of ether oxygens (including phenoxy) is 1. The van der Waals surface area contributed by atoms with Gasteiger partial charge in [0.1, 0.15) is 5.75 Å². The minimum atomic E-state index is 0.444. The first kappa shape index (κ1) is 13.7. The van der Waals surface area contributed by atoms with E-state index in [0.717, 1.165) is 11.3 Å². The lowest BCUT2D eigenvalue weighted by Gasteiger charge is -2.03. The monoisotopic (exact) mass is 279 g/mol. The third-order valence-corrected chi connectivity index (χ3v) is 3.59. The van der Waals surface area contributed by atoms with E-state index in [1.165, 1.54) is 0 Å². The minimum absolute atomic E-state index is 0.444. The van der Waals surface area contributed by atoms with Crippen molar-refractivity contribution in [2.75, 3.05) is 12.8 Å². The maximum Gasteiger partial charge on any atom is 0.260 e. The molecule has 0 saturated carbocycles. The van der Waals surface area contributed by atoms with E-state index in [-0.39, 0.29) is 0 Å². The van der Waals surface area contributed by atoms with Gasteiger partial charge < -0.3 is 15.0 Å². The molecule has 0 spiro atoms. The fraction of sp³-hybridized carbons (Fsp3) is 0.385. The molecule has 102 valence electrons. The van der Waals surface area contributed by atoms with Crippen molar-refractivity contribution >= 4 is 17.4 Å². The number of benzene rings is 1. The number of nitrogens with zero attached hydrogens (tertiary/aromatic N) is 2. The number of anilines is 1. The summed E-state index contributed by atoms with van der Waals surface area (Å²) in [5.74, 6) is 2.57. The van der Waals surface area contributed by atoms with E-state index in [1.54, 1.807) is 24.9 Å². The molecule has 0 aliphatic rings. The van der Waals surface area contributed by atoms with E-state index < -0.39 is 0 Å². The van der Waals surface area contributed by atoms with Crippen LogP contribution in [0.15, 0.2) is 22.7 Å². The highest BCUT2D eigenvalue weighted by Gasteiger charge is 2.12. The summed E-state index contributed by atoms with van der Waals surface area (Å²) in [4.78, 5) is 4.35. The average molecular weight is 279 g/mol. The van der Waals surface area contributed by atoms with Gasteiger partial charge >= 0.3 is 0 Å². The first-order valence-corrected chi connectivity index (χ1v) is 7.03. The van der Waals surface area contributed by atoms with Crippen molar-refractivity contribution in [3.63, 3.8) is 0 Å². The number of hydrogen-bond donors (Lipinski definition) is 1. The molecule has 19 heavy (non-hydrogen) atoms. The molecule has 2 rings (SSSR count). The van der Waals surface area contributed by atoms with Crippen LogP contribution in [0.1, 0.15) is 19.7 Å². The molecule has 0 unspecified atom stereocenters. The summed E-state index contributed by atoms with van der Waals surface area (Å²) >= 11 is 1.77. The van der Waals surface area contributed by atoms with Crippen molar-refractivity contribution in [2.24, 2.45) is 0 Å². The van der Waals surface area contributed by atoms with Crippen LogP contribution < -0.4 is 10.5 Å². The first-order chi connectivity index (χ1) is 9.10. The number of nitrogen functional groups attached to an aromatic ring is 1. The summed E-state index contributed by atoms with van der Waals surface area (Å²) in [5, 5.41) is 4.49. The first-order valence-electron chi connectivity index (χ1n) is 5.98. The molecular weight excluding hydrogens is 262 g/mol. The summed E-state index contributed by atoms with van der Waals surface area (Å²) in [7, 11) is 1.60. The predicted molar refractivity (Wildman–Crippen MR) is 77.1 cm³/mol. The van der Waals surface area contributed by atoms with Gasteiger partial charge in [-0.05, 0) is 17.4 Å². The Morgan fingerprint density at radius 2 is 2.21 bits per heavy atom. The van der Waals surface area contributed by atoms with Crippen LogP contribution in [0.3, 0.4) is 0 Å². The number of hydrogen-bond acceptors (Lipinski definition) is 6. The Morgan fingerprint density at radius 1 is 1.42 bits per heavy atom. The Bertz CT molecular complexity index is 555. The Labute approximate surface area is 116 Å². The van der Waals surface area contributed by atoms with Gasteiger partial charge in [-0.3, -0.25) is 0 Å². The number of rotatable bonds is 5. The fourth-order valence-electron chi connectivity index (χ4n) is 1.53. The number of thioether (sulfide) groups is 1. The van der Waals surface area contributed by atoms with E-state index >= 15 is 0 Å². The smallest absolute Gasteiger partial charge is 0.260 e. The molecule has 0 amide bonds. The molecule has 5 nitrogen and oxygen atoms in total. The standard InChI is InChI=1S/C13H17N3O2S/c1-8(2)19-7-12-15-13(18-16-12)10-5-4-9(17-3)6-11(10)14/h4-6,8H,7,14H2,1-3H3. The summed E-state index contributed by atoms with van der Waals surface area (Å²) in [6.45, 7) is 4.26. The van der Waals surface area contributed by atoms with Gasteiger partial charge in [0.15, 0.2) is 5.82 Å². The Balaban J connectivity index is 2.18. The quantitative estimate of drug-likeness (QED) is 0.848. The number of aromatic nitrogens is 2. The molecule has 0 radical (unpaired) electrons. The van der Waals surface area contributed by atoms with Gasteiger partial charge in [0.05, 0.1) is 18.4 Å². The highest BCUT2D eigenvalue weighted by Crippen LogP contribution is 2.28. The van der Waals surface area contributed by atoms with E-state index in [9.17, 15) is 0 Å². The molecule has 0 atom stereocenters. The fourth-order valence-corrected chi connectivity index (χ4v) is 2.13. The zero-order valence-corrected chi connectivity index (χ0v) is 12.0. The lowest BCUT2D eigenvalue weighted by molar-refractivity contribution is 0.414. The van der Waals surface area contributed by atoms with E-state index in [1.807, 2.05) is 12.1 Å². The zero-order chi connectivity index (χ0) is 13.8. The third kappa shape index (κ3) is 3.41. The molecular formula is C13H17N3O2S. The second-order valence-electron chi connectivity index (χ2n) is 4.33. The molecule has 0 saturated heterocycles. The van der Waals surface area contributed by atoms with E-state index in [0.29, 0.717) is 28.4 Å². The van der Waals surface area contributed by atoms with Crippen molar-refractivity contribution in [1.29, 1.82) is 0 Å². The third-order valence-electron chi connectivity index (χ3n) is 2.50. The lowest BCUT2D eigenvalue weighted by Crippen LogP contribution is -1.93. The van der Waals surface area contributed by atoms with Crippen LogP contribution in [0.4, 0.5) is 5.69 Å². The highest BCUT2D eigenvalue weighted by atomic mass is 32.2. The topological polar surface area (TPSA) is 74.2 Å². The van der Waals surface area contributed by atoms with Crippen LogP contribution in [-0.4, -0.2) is 22.5 Å². The minimum Gasteiger partial charge on any atom is -0.497 e. The van der Waals surface area contributed by atoms with Gasteiger partial charge in [-0.1, -0.05) is 19.0 Å². The normalized spacial score (nSPS) is 10.9. The summed E-state index contributed by atoms with van der Waals surface area (Å²) in [5.41, 5.74) is 7.24. The van der Waals surface area contributed by atoms with Gasteiger partial charge in [0, 0.05) is 11.8 Å². The molecule has 1 aromatic heterocycles. The van der Waals surface area contributed by atoms with Gasteiger partial charge in [-0.15, -0.1) is 0 Å². The highest BCUT2D eigenvalue weighted by molar-refractivity contribution is 7.99. The maximum atomic E-state index is 5.95. The molecule has 1 heterocycles. The van der Waals surface area contributed by atoms with Gasteiger partial charge in [-0.2, -0.15) is 16.7 Å². The SMILES string of the molecule is COc1ccc(-c2nc(CSC(C)C)no2)c(N)c1. The average Bonchev–Trinajstić information content (AvgIpc) is 2.84. The number of methoxy groups -OCH3 is 1. The molecule has 0 fully saturated rings. The van der Waals surface area contributed by atoms with E-state index in [4.69, 9.17) is 15.0 Å². The van der Waals surface area contributed by atoms with Crippen molar-refractivity contribution in [3.05, 3.63) is 24.0 Å². The molecule has 2 N–H and O–H groups in total. The second kappa shape index (κ2) is 5.97. The van der Waals surface area contributed by atoms with Crippen LogP contribution in [0.2, 0.25) is 0 Å². The molecule has 2 aromatic rings. The molecule has 6 heteroatoms. The van der Waals surface area contributed by atoms with Crippen LogP contribution >= 0.6 is 11.8 Å². The molecule has 1 aromatic carbocycles. The van der Waals surface area contributed by atoms with Crippen molar-refractivity contribution in [3.8, 4) is 17.2 Å². The summed E-state index contributed by atoms with van der Waals surface area (Å²) in [6.07, 6.45) is 0. The van der Waals surface area contributed by atoms with Crippen LogP contribution in [-0.2, 0) is 5.75 Å². The van der Waals surface area contributed by atoms with Crippen molar-refractivity contribution in [1.82, 2.24) is 10.1 Å². The predicted octanol–water partition coefficient (Wildman–Crippen LogP) is 2.97. The van der Waals surface area contributed by atoms with Crippen molar-refractivity contribution < 1.29 is 9.26 Å². The van der Waals surface area contributed by atoms with Gasteiger partial charge in [-0.25, -0.2) is 0 Å². The Morgan fingerprint density at radius 3 is 2.84 bits per heavy atom. The molecule has 0 aliphatic heterocycles. The summed E-state index contributed by atoms with van der Waals surface area (Å²) in [6, 6.07) is 5.38. The van der Waals surface area contributed by atoms with Crippen molar-refractivity contribution in [2.45, 2.75) is 24.9 Å². The largest absolute Gasteiger partial charge is 0.497 e. The van der Waals surface area contributed by atoms with Gasteiger partial charge in [0.2, 0.25) is 0 Å². The Hall–Kier alpha value is -1.69. The Kier molecular flexibility index (Phi) is 4.31. The van der Waals surface area contributed by atoms with E-state index in [2.05, 4.69) is 24.0 Å². The van der Waals surface area contributed by atoms with Crippen LogP contribution in [0, 0.1) is 0 Å². The molecule has 0 aliphatic carbocycles.